The molecule has 0 aliphatic rings. The normalized spacial score (nSPS) is 11.2. The van der Waals surface area contributed by atoms with Gasteiger partial charge in [0.1, 0.15) is 0 Å². The van der Waals surface area contributed by atoms with E-state index in [0.29, 0.717) is 6.42 Å². The number of hydrogen-bond donors (Lipinski definition) is 0. The molecule has 2 aromatic rings. The molecule has 0 aliphatic carbocycles. The number of rotatable bonds is 9. The van der Waals surface area contributed by atoms with Gasteiger partial charge in [0.05, 0.1) is 8.26 Å². The molecule has 4 heteroatoms. The van der Waals surface area contributed by atoms with Crippen molar-refractivity contribution in [3.63, 3.8) is 0 Å². The molecule has 22 heavy (non-hydrogen) atoms. The fourth-order valence-electron chi connectivity index (χ4n) is 2.60. The summed E-state index contributed by atoms with van der Waals surface area (Å²) in [4.78, 5) is 12.3. The maximum absolute atomic E-state index is 12.3. The van der Waals surface area contributed by atoms with Gasteiger partial charge in [0.15, 0.2) is 5.78 Å². The Morgan fingerprint density at radius 3 is 2.45 bits per heavy atom. The molecule has 0 aliphatic heterocycles. The van der Waals surface area contributed by atoms with Gasteiger partial charge in [-0.3, -0.25) is 4.79 Å². The Morgan fingerprint density at radius 1 is 1.05 bits per heavy atom. The summed E-state index contributed by atoms with van der Waals surface area (Å²) >= 11 is 8.77. The van der Waals surface area contributed by atoms with Gasteiger partial charge in [-0.05, 0) is 44.3 Å². The van der Waals surface area contributed by atoms with Crippen molar-refractivity contribution in [2.24, 2.45) is 0 Å². The quantitative estimate of drug-likeness (QED) is 0.284. The summed E-state index contributed by atoms with van der Waals surface area (Å²) in [5, 5.41) is 1.17. The van der Waals surface area contributed by atoms with Gasteiger partial charge in [0.2, 0.25) is 0 Å². The van der Waals surface area contributed by atoms with Gasteiger partial charge >= 0.3 is 0 Å². The molecule has 0 N–H and O–H groups in total. The summed E-state index contributed by atoms with van der Waals surface area (Å²) in [6.07, 6.45) is 9.40. The van der Waals surface area contributed by atoms with E-state index in [1.165, 1.54) is 43.9 Å². The summed E-state index contributed by atoms with van der Waals surface area (Å²) in [7, 11) is 0. The summed E-state index contributed by atoms with van der Waals surface area (Å²) in [6, 6.07) is 6.02. The Labute approximate surface area is 153 Å². The highest BCUT2D eigenvalue weighted by Gasteiger charge is 2.11. The van der Waals surface area contributed by atoms with Crippen LogP contribution in [0.1, 0.15) is 68.6 Å². The van der Waals surface area contributed by atoms with Gasteiger partial charge < -0.3 is 0 Å². The van der Waals surface area contributed by atoms with E-state index in [4.69, 9.17) is 0 Å². The van der Waals surface area contributed by atoms with Crippen molar-refractivity contribution in [1.29, 1.82) is 0 Å². The second-order valence-corrected chi connectivity index (χ2v) is 8.86. The second kappa shape index (κ2) is 9.19. The molecule has 2 rings (SSSR count). The largest absolute Gasteiger partial charge is 0.294 e. The molecule has 0 unspecified atom stereocenters. The van der Waals surface area contributed by atoms with Crippen LogP contribution >= 0.6 is 43.2 Å². The number of unbranched alkanes of at least 4 members (excludes halogenated alkanes) is 6. The van der Waals surface area contributed by atoms with Gasteiger partial charge in [0.25, 0.3) is 0 Å². The minimum Gasteiger partial charge on any atom is -0.294 e. The molecule has 0 bridgehead atoms. The first-order chi connectivity index (χ1) is 10.6. The SMILES string of the molecule is CCCCCCCCCC(=O)c1ccc2c(Br)c(Br)sc2c1. The number of thiophene rings is 1. The summed E-state index contributed by atoms with van der Waals surface area (Å²) in [6.45, 7) is 2.24. The van der Waals surface area contributed by atoms with Crippen LogP contribution in [-0.2, 0) is 0 Å². The van der Waals surface area contributed by atoms with Crippen molar-refractivity contribution >= 4 is 59.1 Å². The molecular weight excluding hydrogens is 424 g/mol. The zero-order valence-electron chi connectivity index (χ0n) is 13.0. The third-order valence-corrected chi connectivity index (χ3v) is 7.36. The van der Waals surface area contributed by atoms with Crippen LogP contribution < -0.4 is 0 Å². The monoisotopic (exact) mass is 444 g/mol. The first-order valence-corrected chi connectivity index (χ1v) is 10.4. The zero-order valence-corrected chi connectivity index (χ0v) is 16.9. The van der Waals surface area contributed by atoms with Crippen LogP contribution in [0, 0.1) is 0 Å². The Morgan fingerprint density at radius 2 is 1.73 bits per heavy atom. The van der Waals surface area contributed by atoms with Crippen LogP contribution in [0.4, 0.5) is 0 Å². The molecule has 1 aromatic heterocycles. The van der Waals surface area contributed by atoms with Gasteiger partial charge in [-0.2, -0.15) is 0 Å². The Hall–Kier alpha value is -0.190. The van der Waals surface area contributed by atoms with Crippen molar-refractivity contribution in [3.05, 3.63) is 32.0 Å². The van der Waals surface area contributed by atoms with E-state index in [1.807, 2.05) is 18.2 Å². The van der Waals surface area contributed by atoms with Crippen molar-refractivity contribution < 1.29 is 4.79 Å². The number of carbonyl (C=O) groups is 1. The smallest absolute Gasteiger partial charge is 0.162 e. The van der Waals surface area contributed by atoms with E-state index in [0.717, 1.165) is 24.9 Å². The molecule has 0 saturated heterocycles. The molecule has 0 fully saturated rings. The minimum absolute atomic E-state index is 0.274. The van der Waals surface area contributed by atoms with Crippen LogP contribution in [-0.4, -0.2) is 5.78 Å². The van der Waals surface area contributed by atoms with E-state index in [-0.39, 0.29) is 5.78 Å². The van der Waals surface area contributed by atoms with Crippen molar-refractivity contribution in [2.45, 2.75) is 58.3 Å². The highest BCUT2D eigenvalue weighted by atomic mass is 79.9. The second-order valence-electron chi connectivity index (χ2n) is 5.70. The topological polar surface area (TPSA) is 17.1 Å². The van der Waals surface area contributed by atoms with Crippen molar-refractivity contribution in [3.8, 4) is 0 Å². The molecular formula is C18H22Br2OS. The average molecular weight is 446 g/mol. The Balaban J connectivity index is 1.82. The number of benzene rings is 1. The lowest BCUT2D eigenvalue weighted by Gasteiger charge is -2.03. The van der Waals surface area contributed by atoms with Crippen molar-refractivity contribution in [1.82, 2.24) is 0 Å². The number of hydrogen-bond acceptors (Lipinski definition) is 2. The van der Waals surface area contributed by atoms with Gasteiger partial charge in [-0.25, -0.2) is 0 Å². The van der Waals surface area contributed by atoms with E-state index in [1.54, 1.807) is 11.3 Å². The number of halogens is 2. The first-order valence-electron chi connectivity index (χ1n) is 8.04. The molecule has 0 spiro atoms. The lowest BCUT2D eigenvalue weighted by atomic mass is 10.0. The molecule has 0 saturated carbocycles. The minimum atomic E-state index is 0.274. The molecule has 1 nitrogen and oxygen atoms in total. The molecule has 0 amide bonds. The maximum Gasteiger partial charge on any atom is 0.162 e. The molecule has 1 heterocycles. The fourth-order valence-corrected chi connectivity index (χ4v) is 4.91. The predicted octanol–water partition coefficient (Wildman–Crippen LogP) is 7.75. The average Bonchev–Trinajstić information content (AvgIpc) is 2.80. The molecule has 1 aromatic carbocycles. The van der Waals surface area contributed by atoms with Crippen LogP contribution in [0.25, 0.3) is 10.1 Å². The van der Waals surface area contributed by atoms with E-state index in [2.05, 4.69) is 38.8 Å². The maximum atomic E-state index is 12.3. The van der Waals surface area contributed by atoms with E-state index >= 15 is 0 Å². The summed E-state index contributed by atoms with van der Waals surface area (Å²) < 4.78 is 3.32. The first kappa shape index (κ1) is 18.2. The van der Waals surface area contributed by atoms with Gasteiger partial charge in [-0.1, -0.05) is 57.6 Å². The van der Waals surface area contributed by atoms with Crippen LogP contribution in [0.15, 0.2) is 26.5 Å². The number of fused-ring (bicyclic) bond motifs is 1. The van der Waals surface area contributed by atoms with Crippen LogP contribution in [0.3, 0.4) is 0 Å². The molecule has 0 atom stereocenters. The summed E-state index contributed by atoms with van der Waals surface area (Å²) in [5.41, 5.74) is 0.847. The highest BCUT2D eigenvalue weighted by Crippen LogP contribution is 2.39. The van der Waals surface area contributed by atoms with E-state index in [9.17, 15) is 4.79 Å². The van der Waals surface area contributed by atoms with E-state index < -0.39 is 0 Å². The zero-order chi connectivity index (χ0) is 15.9. The standard InChI is InChI=1S/C18H22Br2OS/c1-2-3-4-5-6-7-8-9-15(21)13-10-11-14-16(12-13)22-18(20)17(14)19/h10-12H,2-9H2,1H3. The summed E-state index contributed by atoms with van der Waals surface area (Å²) in [5.74, 6) is 0.274. The predicted molar refractivity (Wildman–Crippen MR) is 104 cm³/mol. The number of carbonyl (C=O) groups excluding carboxylic acids is 1. The third kappa shape index (κ3) is 4.90. The molecule has 0 radical (unpaired) electrons. The lowest BCUT2D eigenvalue weighted by Crippen LogP contribution is -1.98. The number of Topliss-reactive ketones (excluding diaryl/α,β-unsaturated/α-hetero) is 1. The van der Waals surface area contributed by atoms with Crippen LogP contribution in [0.5, 0.6) is 0 Å². The Bertz CT molecular complexity index is 633. The van der Waals surface area contributed by atoms with Crippen molar-refractivity contribution in [2.75, 3.05) is 0 Å². The van der Waals surface area contributed by atoms with Gasteiger partial charge in [-0.15, -0.1) is 11.3 Å². The lowest BCUT2D eigenvalue weighted by molar-refractivity contribution is 0.0979. The van der Waals surface area contributed by atoms with Gasteiger partial charge in [0, 0.05) is 22.1 Å². The highest BCUT2D eigenvalue weighted by molar-refractivity contribution is 9.13. The molecule has 120 valence electrons. The Kier molecular flexibility index (Phi) is 7.58. The van der Waals surface area contributed by atoms with Crippen LogP contribution in [0.2, 0.25) is 0 Å². The fraction of sp³-hybridized carbons (Fsp3) is 0.500. The number of ketones is 1. The third-order valence-electron chi connectivity index (χ3n) is 3.92.